The molecule has 2 aromatic carbocycles. The molecule has 0 fully saturated rings. The van der Waals surface area contributed by atoms with Gasteiger partial charge < -0.3 is 5.32 Å². The Morgan fingerprint density at radius 1 is 1.10 bits per heavy atom. The minimum Gasteiger partial charge on any atom is -0.308 e. The molecule has 0 atom stereocenters. The lowest BCUT2D eigenvalue weighted by molar-refractivity contribution is 0.262. The zero-order valence-corrected chi connectivity index (χ0v) is 17.0. The molecule has 0 spiro atoms. The van der Waals surface area contributed by atoms with E-state index in [1.807, 2.05) is 38.1 Å². The third kappa shape index (κ3) is 3.69. The Morgan fingerprint density at radius 2 is 1.87 bits per heavy atom. The minimum absolute atomic E-state index is 0.227. The maximum Gasteiger partial charge on any atom is 0.324 e. The fourth-order valence-electron chi connectivity index (χ4n) is 3.18. The summed E-state index contributed by atoms with van der Waals surface area (Å²) in [6.07, 6.45) is 1.40. The zero-order valence-electron chi connectivity index (χ0n) is 16.3. The number of amides is 2. The van der Waals surface area contributed by atoms with Crippen molar-refractivity contribution in [2.24, 2.45) is 0 Å². The van der Waals surface area contributed by atoms with Gasteiger partial charge in [0.2, 0.25) is 0 Å². The van der Waals surface area contributed by atoms with Crippen LogP contribution in [0.3, 0.4) is 0 Å². The molecule has 0 saturated carbocycles. The van der Waals surface area contributed by atoms with Crippen molar-refractivity contribution in [1.82, 2.24) is 14.8 Å². The predicted octanol–water partition coefficient (Wildman–Crippen LogP) is 5.21. The second kappa shape index (κ2) is 7.85. The number of para-hydroxylation sites is 1. The summed E-state index contributed by atoms with van der Waals surface area (Å²) in [7, 11) is 0. The number of benzene rings is 2. The highest BCUT2D eigenvalue weighted by Gasteiger charge is 2.17. The SMILES string of the molecule is Cc1cc(-n2ncc(C#N)c2NC(=O)Nc2ccc(Cl)cc2)nc2c(C)cccc12. The number of aryl methyl sites for hydroxylation is 2. The molecule has 2 amide bonds. The maximum absolute atomic E-state index is 12.5. The molecule has 2 heterocycles. The lowest BCUT2D eigenvalue weighted by Gasteiger charge is -2.12. The van der Waals surface area contributed by atoms with Gasteiger partial charge in [-0.25, -0.2) is 9.78 Å². The number of hydrogen-bond donors (Lipinski definition) is 2. The molecule has 0 unspecified atom stereocenters. The largest absolute Gasteiger partial charge is 0.324 e. The molecule has 2 aromatic heterocycles. The van der Waals surface area contributed by atoms with Crippen LogP contribution in [0.15, 0.2) is 54.7 Å². The van der Waals surface area contributed by atoms with E-state index < -0.39 is 6.03 Å². The zero-order chi connectivity index (χ0) is 21.3. The number of fused-ring (bicyclic) bond motifs is 1. The fraction of sp³-hybridized carbons (Fsp3) is 0.0909. The average molecular weight is 417 g/mol. The van der Waals surface area contributed by atoms with E-state index >= 15 is 0 Å². The summed E-state index contributed by atoms with van der Waals surface area (Å²) >= 11 is 5.87. The number of carbonyl (C=O) groups is 1. The highest BCUT2D eigenvalue weighted by Crippen LogP contribution is 2.25. The number of urea groups is 1. The third-order valence-electron chi connectivity index (χ3n) is 4.68. The molecule has 0 aliphatic heterocycles. The van der Waals surface area contributed by atoms with Gasteiger partial charge in [0.05, 0.1) is 11.7 Å². The minimum atomic E-state index is -0.510. The molecule has 0 aliphatic rings. The summed E-state index contributed by atoms with van der Waals surface area (Å²) in [6.45, 7) is 3.98. The Morgan fingerprint density at radius 3 is 2.60 bits per heavy atom. The third-order valence-corrected chi connectivity index (χ3v) is 4.93. The van der Waals surface area contributed by atoms with Crippen molar-refractivity contribution in [3.05, 3.63) is 76.4 Å². The molecule has 0 saturated heterocycles. The van der Waals surface area contributed by atoms with E-state index in [9.17, 15) is 10.1 Å². The second-order valence-electron chi connectivity index (χ2n) is 6.78. The Kier molecular flexibility index (Phi) is 5.09. The molecular weight excluding hydrogens is 400 g/mol. The molecule has 0 bridgehead atoms. The molecule has 8 heteroatoms. The Balaban J connectivity index is 1.71. The van der Waals surface area contributed by atoms with Crippen LogP contribution < -0.4 is 10.6 Å². The molecule has 30 heavy (non-hydrogen) atoms. The van der Waals surface area contributed by atoms with E-state index in [1.165, 1.54) is 10.9 Å². The molecule has 7 nitrogen and oxygen atoms in total. The number of carbonyl (C=O) groups excluding carboxylic acids is 1. The van der Waals surface area contributed by atoms with Gasteiger partial charge in [0.1, 0.15) is 11.6 Å². The predicted molar refractivity (Wildman–Crippen MR) is 117 cm³/mol. The summed E-state index contributed by atoms with van der Waals surface area (Å²) in [5.74, 6) is 0.751. The standard InChI is InChI=1S/C22H17ClN6O/c1-13-4-3-5-18-14(2)10-19(27-20(13)18)29-21(15(11-24)12-25-29)28-22(30)26-17-8-6-16(23)7-9-17/h3-10,12H,1-2H3,(H2,26,28,30). The maximum atomic E-state index is 12.5. The topological polar surface area (TPSA) is 95.6 Å². The van der Waals surface area contributed by atoms with E-state index in [-0.39, 0.29) is 11.4 Å². The number of nitriles is 1. The van der Waals surface area contributed by atoms with Gasteiger partial charge in [-0.2, -0.15) is 15.0 Å². The number of anilines is 2. The van der Waals surface area contributed by atoms with E-state index in [0.717, 1.165) is 22.0 Å². The first kappa shape index (κ1) is 19.4. The van der Waals surface area contributed by atoms with Crippen LogP contribution in [0.25, 0.3) is 16.7 Å². The van der Waals surface area contributed by atoms with E-state index in [2.05, 4.69) is 21.8 Å². The summed E-state index contributed by atoms with van der Waals surface area (Å²) in [5, 5.41) is 20.8. The summed E-state index contributed by atoms with van der Waals surface area (Å²) in [6, 6.07) is 16.1. The van der Waals surface area contributed by atoms with Gasteiger partial charge in [-0.15, -0.1) is 0 Å². The molecule has 2 N–H and O–H groups in total. The van der Waals surface area contributed by atoms with Crippen LogP contribution in [0.1, 0.15) is 16.7 Å². The van der Waals surface area contributed by atoms with Crippen LogP contribution in [-0.4, -0.2) is 20.8 Å². The molecule has 4 rings (SSSR count). The van der Waals surface area contributed by atoms with Crippen LogP contribution in [0.2, 0.25) is 5.02 Å². The normalized spacial score (nSPS) is 10.6. The van der Waals surface area contributed by atoms with Crippen LogP contribution in [0, 0.1) is 25.2 Å². The number of rotatable bonds is 3. The number of aromatic nitrogens is 3. The van der Waals surface area contributed by atoms with Gasteiger partial charge in [0, 0.05) is 16.1 Å². The molecule has 148 valence electrons. The number of hydrogen-bond acceptors (Lipinski definition) is 4. The van der Waals surface area contributed by atoms with Gasteiger partial charge in [-0.3, -0.25) is 5.32 Å². The van der Waals surface area contributed by atoms with Gasteiger partial charge in [-0.05, 0) is 55.3 Å². The molecule has 4 aromatic rings. The van der Waals surface area contributed by atoms with Crippen molar-refractivity contribution in [2.75, 3.05) is 10.6 Å². The summed E-state index contributed by atoms with van der Waals surface area (Å²) < 4.78 is 1.46. The van der Waals surface area contributed by atoms with Crippen LogP contribution in [0.4, 0.5) is 16.3 Å². The molecule has 0 radical (unpaired) electrons. The highest BCUT2D eigenvalue weighted by molar-refractivity contribution is 6.30. The van der Waals surface area contributed by atoms with Crippen molar-refractivity contribution in [3.8, 4) is 11.9 Å². The van der Waals surface area contributed by atoms with Crippen molar-refractivity contribution < 1.29 is 4.79 Å². The van der Waals surface area contributed by atoms with Crippen LogP contribution in [-0.2, 0) is 0 Å². The summed E-state index contributed by atoms with van der Waals surface area (Å²) in [5.41, 5.74) is 3.69. The van der Waals surface area contributed by atoms with E-state index in [0.29, 0.717) is 16.5 Å². The highest BCUT2D eigenvalue weighted by atomic mass is 35.5. The number of pyridine rings is 1. The Labute approximate surface area is 177 Å². The van der Waals surface area contributed by atoms with Crippen LogP contribution in [0.5, 0.6) is 0 Å². The quantitative estimate of drug-likeness (QED) is 0.479. The average Bonchev–Trinajstić information content (AvgIpc) is 3.13. The van der Waals surface area contributed by atoms with Crippen LogP contribution >= 0.6 is 11.6 Å². The fourth-order valence-corrected chi connectivity index (χ4v) is 3.31. The number of nitrogens with one attached hydrogen (secondary N) is 2. The first-order chi connectivity index (χ1) is 14.5. The number of halogens is 1. The van der Waals surface area contributed by atoms with Gasteiger partial charge in [-0.1, -0.05) is 29.8 Å². The first-order valence-electron chi connectivity index (χ1n) is 9.15. The van der Waals surface area contributed by atoms with Crippen molar-refractivity contribution in [1.29, 1.82) is 5.26 Å². The Bertz CT molecular complexity index is 1300. The molecular formula is C22H17ClN6O. The van der Waals surface area contributed by atoms with Gasteiger partial charge >= 0.3 is 6.03 Å². The Hall–Kier alpha value is -3.89. The second-order valence-corrected chi connectivity index (χ2v) is 7.22. The van der Waals surface area contributed by atoms with Crippen molar-refractivity contribution in [3.63, 3.8) is 0 Å². The smallest absolute Gasteiger partial charge is 0.308 e. The lowest BCUT2D eigenvalue weighted by Crippen LogP contribution is -2.22. The van der Waals surface area contributed by atoms with Gasteiger partial charge in [0.15, 0.2) is 11.6 Å². The monoisotopic (exact) mass is 416 g/mol. The van der Waals surface area contributed by atoms with E-state index in [1.54, 1.807) is 24.3 Å². The van der Waals surface area contributed by atoms with Gasteiger partial charge in [0.25, 0.3) is 0 Å². The van der Waals surface area contributed by atoms with Crippen molar-refractivity contribution >= 4 is 40.0 Å². The first-order valence-corrected chi connectivity index (χ1v) is 9.53. The number of nitrogens with zero attached hydrogens (tertiary/aromatic N) is 4. The molecule has 0 aliphatic carbocycles. The summed E-state index contributed by atoms with van der Waals surface area (Å²) in [4.78, 5) is 17.2. The van der Waals surface area contributed by atoms with E-state index in [4.69, 9.17) is 16.6 Å². The lowest BCUT2D eigenvalue weighted by atomic mass is 10.1. The van der Waals surface area contributed by atoms with Crippen molar-refractivity contribution in [2.45, 2.75) is 13.8 Å².